The number of aryl methyl sites for hydroxylation is 2. The number of benzene rings is 2. The molecule has 4 aromatic rings. The number of amides is 1. The number of nitrogens with two attached hydrogens (primary N) is 1. The van der Waals surface area contributed by atoms with Crippen LogP contribution in [0.1, 0.15) is 37.0 Å². The van der Waals surface area contributed by atoms with E-state index < -0.39 is 0 Å². The molecule has 0 spiro atoms. The molecule has 7 nitrogen and oxygen atoms in total. The molecule has 1 fully saturated rings. The van der Waals surface area contributed by atoms with Crippen LogP contribution in [0, 0.1) is 0 Å². The summed E-state index contributed by atoms with van der Waals surface area (Å²) in [5, 5.41) is 1.18. The highest BCUT2D eigenvalue weighted by molar-refractivity contribution is 6.00. The molecule has 1 aliphatic heterocycles. The predicted octanol–water partition coefficient (Wildman–Crippen LogP) is 4.18. The van der Waals surface area contributed by atoms with Crippen molar-refractivity contribution in [3.05, 3.63) is 48.0 Å². The maximum Gasteiger partial charge on any atom is 0.254 e. The van der Waals surface area contributed by atoms with E-state index in [1.807, 2.05) is 31.0 Å². The number of para-hydroxylation sites is 1. The molecule has 0 saturated carbocycles. The van der Waals surface area contributed by atoms with Gasteiger partial charge in [-0.3, -0.25) is 4.79 Å². The van der Waals surface area contributed by atoms with Crippen molar-refractivity contribution in [3.8, 4) is 17.3 Å². The molecule has 1 aliphatic rings. The van der Waals surface area contributed by atoms with Gasteiger partial charge in [-0.2, -0.15) is 0 Å². The fourth-order valence-electron chi connectivity index (χ4n) is 5.04. The summed E-state index contributed by atoms with van der Waals surface area (Å²) in [7, 11) is 2.01. The molecule has 7 heteroatoms. The van der Waals surface area contributed by atoms with Crippen molar-refractivity contribution in [2.45, 2.75) is 39.3 Å². The van der Waals surface area contributed by atoms with Gasteiger partial charge < -0.3 is 24.5 Å². The van der Waals surface area contributed by atoms with Crippen molar-refractivity contribution in [2.75, 3.05) is 19.7 Å². The number of aromatic nitrogens is 3. The molecule has 1 amide bonds. The molecular weight excluding hydrogens is 414 g/mol. The molecule has 1 atom stereocenters. The highest BCUT2D eigenvalue weighted by Crippen LogP contribution is 2.34. The third-order valence-electron chi connectivity index (χ3n) is 6.58. The van der Waals surface area contributed by atoms with E-state index in [2.05, 4.69) is 46.4 Å². The van der Waals surface area contributed by atoms with Crippen molar-refractivity contribution < 1.29 is 9.53 Å². The fraction of sp³-hybridized carbons (Fsp3) is 0.385. The molecule has 33 heavy (non-hydrogen) atoms. The van der Waals surface area contributed by atoms with Crippen LogP contribution in [0.15, 0.2) is 42.5 Å². The number of ether oxygens (including phenoxy) is 1. The van der Waals surface area contributed by atoms with Crippen molar-refractivity contribution in [3.63, 3.8) is 0 Å². The van der Waals surface area contributed by atoms with E-state index in [4.69, 9.17) is 15.5 Å². The van der Waals surface area contributed by atoms with E-state index in [0.29, 0.717) is 24.5 Å². The van der Waals surface area contributed by atoms with Crippen LogP contribution in [0.25, 0.3) is 33.5 Å². The average Bonchev–Trinajstić information content (AvgIpc) is 3.36. The van der Waals surface area contributed by atoms with E-state index in [9.17, 15) is 4.79 Å². The van der Waals surface area contributed by atoms with Crippen molar-refractivity contribution in [2.24, 2.45) is 12.8 Å². The molecule has 0 radical (unpaired) electrons. The minimum Gasteiger partial charge on any atom is -0.492 e. The van der Waals surface area contributed by atoms with Crippen LogP contribution in [-0.4, -0.2) is 50.7 Å². The zero-order valence-electron chi connectivity index (χ0n) is 19.5. The first-order chi connectivity index (χ1) is 16.0. The molecule has 172 valence electrons. The van der Waals surface area contributed by atoms with Crippen molar-refractivity contribution in [1.29, 1.82) is 0 Å². The van der Waals surface area contributed by atoms with Gasteiger partial charge in [0.05, 0.1) is 17.8 Å². The van der Waals surface area contributed by atoms with Crippen LogP contribution < -0.4 is 10.5 Å². The standard InChI is InChI=1S/C26H31N5O2/c1-4-31-21-11-7-6-9-17(21)14-22(31)25-28-20-13-18(15-23(33-5-2)24(20)29(25)3)26(32)30-12-8-10-19(27)16-30/h6-7,9,11,13-15,19H,4-5,8,10,12,16,27H2,1-3H3. The van der Waals surface area contributed by atoms with Gasteiger partial charge in [0.25, 0.3) is 5.91 Å². The Morgan fingerprint density at radius 3 is 2.79 bits per heavy atom. The largest absolute Gasteiger partial charge is 0.492 e. The van der Waals surface area contributed by atoms with Gasteiger partial charge in [-0.1, -0.05) is 18.2 Å². The number of imidazole rings is 1. The van der Waals surface area contributed by atoms with Crippen LogP contribution in [0.5, 0.6) is 5.75 Å². The maximum atomic E-state index is 13.3. The van der Waals surface area contributed by atoms with Crippen LogP contribution in [0.3, 0.4) is 0 Å². The summed E-state index contributed by atoms with van der Waals surface area (Å²) >= 11 is 0. The van der Waals surface area contributed by atoms with Gasteiger partial charge in [-0.25, -0.2) is 4.98 Å². The smallest absolute Gasteiger partial charge is 0.254 e. The van der Waals surface area contributed by atoms with Crippen LogP contribution in [0.4, 0.5) is 0 Å². The molecule has 1 unspecified atom stereocenters. The summed E-state index contributed by atoms with van der Waals surface area (Å²) in [6, 6.07) is 14.3. The van der Waals surface area contributed by atoms with E-state index in [0.717, 1.165) is 48.5 Å². The highest BCUT2D eigenvalue weighted by atomic mass is 16.5. The average molecular weight is 446 g/mol. The Morgan fingerprint density at radius 1 is 1.21 bits per heavy atom. The molecular formula is C26H31N5O2. The number of likely N-dealkylation sites (tertiary alicyclic amines) is 1. The predicted molar refractivity (Wildman–Crippen MR) is 132 cm³/mol. The summed E-state index contributed by atoms with van der Waals surface area (Å²) in [6.45, 7) is 6.77. The molecule has 2 aromatic carbocycles. The Labute approximate surface area is 193 Å². The number of hydrogen-bond acceptors (Lipinski definition) is 4. The summed E-state index contributed by atoms with van der Waals surface area (Å²) in [6.07, 6.45) is 1.89. The monoisotopic (exact) mass is 445 g/mol. The molecule has 5 rings (SSSR count). The number of rotatable bonds is 5. The summed E-state index contributed by atoms with van der Waals surface area (Å²) in [4.78, 5) is 20.2. The number of nitrogens with zero attached hydrogens (tertiary/aromatic N) is 4. The van der Waals surface area contributed by atoms with Crippen LogP contribution >= 0.6 is 0 Å². The molecule has 2 aromatic heterocycles. The normalized spacial score (nSPS) is 16.6. The van der Waals surface area contributed by atoms with Crippen LogP contribution in [-0.2, 0) is 13.6 Å². The number of fused-ring (bicyclic) bond motifs is 2. The first kappa shape index (κ1) is 21.5. The Hall–Kier alpha value is -3.32. The summed E-state index contributed by atoms with van der Waals surface area (Å²) < 4.78 is 10.4. The van der Waals surface area contributed by atoms with E-state index in [1.54, 1.807) is 0 Å². The zero-order valence-corrected chi connectivity index (χ0v) is 19.5. The van der Waals surface area contributed by atoms with E-state index in [1.165, 1.54) is 10.9 Å². The first-order valence-electron chi connectivity index (χ1n) is 11.8. The summed E-state index contributed by atoms with van der Waals surface area (Å²) in [5.74, 6) is 1.52. The maximum absolute atomic E-state index is 13.3. The van der Waals surface area contributed by atoms with Gasteiger partial charge in [0.15, 0.2) is 5.82 Å². The quantitative estimate of drug-likeness (QED) is 0.500. The third-order valence-corrected chi connectivity index (χ3v) is 6.58. The second-order valence-corrected chi connectivity index (χ2v) is 8.76. The number of carbonyl (C=O) groups is 1. The molecule has 1 saturated heterocycles. The Bertz CT molecular complexity index is 1340. The van der Waals surface area contributed by atoms with Crippen molar-refractivity contribution in [1.82, 2.24) is 19.0 Å². The van der Waals surface area contributed by atoms with E-state index in [-0.39, 0.29) is 11.9 Å². The second-order valence-electron chi connectivity index (χ2n) is 8.76. The number of carbonyl (C=O) groups excluding carboxylic acids is 1. The second kappa shape index (κ2) is 8.56. The summed E-state index contributed by atoms with van der Waals surface area (Å²) in [5.41, 5.74) is 10.6. The fourth-order valence-corrected chi connectivity index (χ4v) is 5.04. The van der Waals surface area contributed by atoms with Crippen LogP contribution in [0.2, 0.25) is 0 Å². The first-order valence-corrected chi connectivity index (χ1v) is 11.8. The zero-order chi connectivity index (χ0) is 23.1. The third kappa shape index (κ3) is 3.66. The Balaban J connectivity index is 1.65. The van der Waals surface area contributed by atoms with Gasteiger partial charge in [0.2, 0.25) is 0 Å². The van der Waals surface area contributed by atoms with Gasteiger partial charge in [-0.05, 0) is 51.0 Å². The number of piperidine rings is 1. The topological polar surface area (TPSA) is 78.3 Å². The van der Waals surface area contributed by atoms with Gasteiger partial charge in [-0.15, -0.1) is 0 Å². The Kier molecular flexibility index (Phi) is 5.58. The minimum atomic E-state index is -0.0112. The Morgan fingerprint density at radius 2 is 2.03 bits per heavy atom. The molecule has 2 N–H and O–H groups in total. The van der Waals surface area contributed by atoms with Gasteiger partial charge >= 0.3 is 0 Å². The lowest BCUT2D eigenvalue weighted by Crippen LogP contribution is -2.45. The van der Waals surface area contributed by atoms with Crippen molar-refractivity contribution >= 4 is 27.8 Å². The molecule has 0 bridgehead atoms. The molecule has 3 heterocycles. The lowest BCUT2D eigenvalue weighted by Gasteiger charge is -2.30. The van der Waals surface area contributed by atoms with E-state index >= 15 is 0 Å². The lowest BCUT2D eigenvalue weighted by molar-refractivity contribution is 0.0708. The minimum absolute atomic E-state index is 0.0112. The SMILES string of the molecule is CCOc1cc(C(=O)N2CCCC(N)C2)cc2nc(-c3cc4ccccc4n3CC)n(C)c12. The number of hydrogen-bond donors (Lipinski definition) is 1. The lowest BCUT2D eigenvalue weighted by atomic mass is 10.0. The molecule has 0 aliphatic carbocycles. The van der Waals surface area contributed by atoms with Gasteiger partial charge in [0.1, 0.15) is 11.3 Å². The highest BCUT2D eigenvalue weighted by Gasteiger charge is 2.25. The van der Waals surface area contributed by atoms with Gasteiger partial charge in [0, 0.05) is 49.2 Å².